The van der Waals surface area contributed by atoms with Gasteiger partial charge in [-0.15, -0.1) is 0 Å². The summed E-state index contributed by atoms with van der Waals surface area (Å²) in [7, 11) is 0. The molecule has 0 unspecified atom stereocenters. The van der Waals surface area contributed by atoms with Gasteiger partial charge in [-0.3, -0.25) is 9.59 Å². The summed E-state index contributed by atoms with van der Waals surface area (Å²) in [6, 6.07) is 17.8. The fourth-order valence-corrected chi connectivity index (χ4v) is 4.08. The van der Waals surface area contributed by atoms with Crippen molar-refractivity contribution >= 4 is 17.5 Å². The second-order valence-corrected chi connectivity index (χ2v) is 8.60. The number of anilines is 1. The highest BCUT2D eigenvalue weighted by molar-refractivity contribution is 5.93. The SMILES string of the molecule is C[C@@H]1[C@H](C)CCC[C@H]1NC(=O)CCC(=O)Nc1ccc(OCCc2ccccc2)cc1. The Morgan fingerprint density at radius 2 is 1.65 bits per heavy atom. The van der Waals surface area contributed by atoms with E-state index in [2.05, 4.69) is 36.6 Å². The van der Waals surface area contributed by atoms with E-state index < -0.39 is 0 Å². The number of carbonyl (C=O) groups is 2. The average molecular weight is 423 g/mol. The van der Waals surface area contributed by atoms with Crippen LogP contribution in [0, 0.1) is 11.8 Å². The molecular weight excluding hydrogens is 388 g/mol. The lowest BCUT2D eigenvalue weighted by Gasteiger charge is -2.34. The fraction of sp³-hybridized carbons (Fsp3) is 0.462. The average Bonchev–Trinajstić information content (AvgIpc) is 2.77. The van der Waals surface area contributed by atoms with Gasteiger partial charge in [0.1, 0.15) is 5.75 Å². The Bertz CT molecular complexity index is 835. The van der Waals surface area contributed by atoms with Gasteiger partial charge in [0.15, 0.2) is 0 Å². The third kappa shape index (κ3) is 7.42. The molecule has 31 heavy (non-hydrogen) atoms. The van der Waals surface area contributed by atoms with Crippen LogP contribution in [0.2, 0.25) is 0 Å². The maximum absolute atomic E-state index is 12.3. The molecule has 3 atom stereocenters. The van der Waals surface area contributed by atoms with Crippen LogP contribution in [0.3, 0.4) is 0 Å². The van der Waals surface area contributed by atoms with Crippen molar-refractivity contribution < 1.29 is 14.3 Å². The van der Waals surface area contributed by atoms with E-state index in [-0.39, 0.29) is 30.7 Å². The minimum Gasteiger partial charge on any atom is -0.493 e. The molecule has 0 radical (unpaired) electrons. The summed E-state index contributed by atoms with van der Waals surface area (Å²) in [5.41, 5.74) is 1.94. The van der Waals surface area contributed by atoms with Crippen LogP contribution < -0.4 is 15.4 Å². The molecule has 2 N–H and O–H groups in total. The molecule has 2 aromatic carbocycles. The van der Waals surface area contributed by atoms with E-state index in [0.29, 0.717) is 24.1 Å². The van der Waals surface area contributed by atoms with Crippen molar-refractivity contribution in [3.8, 4) is 5.75 Å². The topological polar surface area (TPSA) is 67.4 Å². The summed E-state index contributed by atoms with van der Waals surface area (Å²) in [4.78, 5) is 24.5. The molecule has 166 valence electrons. The van der Waals surface area contributed by atoms with Crippen LogP contribution in [0.4, 0.5) is 5.69 Å². The molecule has 2 amide bonds. The Morgan fingerprint density at radius 1 is 0.935 bits per heavy atom. The van der Waals surface area contributed by atoms with E-state index in [1.165, 1.54) is 12.0 Å². The largest absolute Gasteiger partial charge is 0.493 e. The van der Waals surface area contributed by atoms with Crippen LogP contribution in [-0.4, -0.2) is 24.5 Å². The molecular formula is C26H34N2O3. The van der Waals surface area contributed by atoms with Gasteiger partial charge in [-0.2, -0.15) is 0 Å². The molecule has 5 nitrogen and oxygen atoms in total. The summed E-state index contributed by atoms with van der Waals surface area (Å²) < 4.78 is 5.77. The molecule has 0 aromatic heterocycles. The van der Waals surface area contributed by atoms with Crippen molar-refractivity contribution in [1.29, 1.82) is 0 Å². The smallest absolute Gasteiger partial charge is 0.224 e. The van der Waals surface area contributed by atoms with Crippen molar-refractivity contribution in [3.05, 3.63) is 60.2 Å². The second-order valence-electron chi connectivity index (χ2n) is 8.60. The van der Waals surface area contributed by atoms with Crippen molar-refractivity contribution in [2.75, 3.05) is 11.9 Å². The molecule has 0 spiro atoms. The molecule has 0 saturated heterocycles. The Balaban J connectivity index is 1.35. The van der Waals surface area contributed by atoms with Gasteiger partial charge in [0.2, 0.25) is 11.8 Å². The van der Waals surface area contributed by atoms with Gasteiger partial charge in [0.05, 0.1) is 6.61 Å². The monoisotopic (exact) mass is 422 g/mol. The molecule has 5 heteroatoms. The normalized spacial score (nSPS) is 20.6. The lowest BCUT2D eigenvalue weighted by molar-refractivity contribution is -0.125. The Kier molecular flexibility index (Phi) is 8.51. The minimum absolute atomic E-state index is 0.0386. The van der Waals surface area contributed by atoms with Crippen molar-refractivity contribution in [2.45, 2.75) is 58.4 Å². The van der Waals surface area contributed by atoms with Gasteiger partial charge < -0.3 is 15.4 Å². The minimum atomic E-state index is -0.155. The zero-order valence-electron chi connectivity index (χ0n) is 18.6. The van der Waals surface area contributed by atoms with E-state index in [0.717, 1.165) is 25.0 Å². The molecule has 0 aliphatic heterocycles. The van der Waals surface area contributed by atoms with E-state index >= 15 is 0 Å². The molecule has 1 aliphatic carbocycles. The van der Waals surface area contributed by atoms with E-state index in [4.69, 9.17) is 4.74 Å². The third-order valence-electron chi connectivity index (χ3n) is 6.27. The standard InChI is InChI=1S/C26H34N2O3/c1-19-7-6-10-24(20(19)2)28-26(30)16-15-25(29)27-22-11-13-23(14-12-22)31-18-17-21-8-4-3-5-9-21/h3-5,8-9,11-14,19-20,24H,6-7,10,15-18H2,1-2H3,(H,27,29)(H,28,30)/t19-,20-,24-/m1/s1. The van der Waals surface area contributed by atoms with Crippen LogP contribution in [0.1, 0.15) is 51.5 Å². The summed E-state index contributed by atoms with van der Waals surface area (Å²) in [5, 5.41) is 5.97. The summed E-state index contributed by atoms with van der Waals surface area (Å²) in [6.07, 6.45) is 4.65. The van der Waals surface area contributed by atoms with Crippen molar-refractivity contribution in [3.63, 3.8) is 0 Å². The summed E-state index contributed by atoms with van der Waals surface area (Å²) in [5.74, 6) is 1.69. The highest BCUT2D eigenvalue weighted by Crippen LogP contribution is 2.29. The predicted molar refractivity (Wildman–Crippen MR) is 124 cm³/mol. The van der Waals surface area contributed by atoms with Gasteiger partial charge in [0.25, 0.3) is 0 Å². The Hall–Kier alpha value is -2.82. The van der Waals surface area contributed by atoms with Crippen LogP contribution in [0.25, 0.3) is 0 Å². The number of rotatable bonds is 9. The Morgan fingerprint density at radius 3 is 2.39 bits per heavy atom. The Labute approximate surface area is 185 Å². The van der Waals surface area contributed by atoms with E-state index in [1.807, 2.05) is 42.5 Å². The third-order valence-corrected chi connectivity index (χ3v) is 6.27. The first kappa shape index (κ1) is 22.9. The molecule has 0 heterocycles. The quantitative estimate of drug-likeness (QED) is 0.600. The number of hydrogen-bond donors (Lipinski definition) is 2. The maximum Gasteiger partial charge on any atom is 0.224 e. The molecule has 1 aliphatic rings. The van der Waals surface area contributed by atoms with Crippen LogP contribution in [-0.2, 0) is 16.0 Å². The summed E-state index contributed by atoms with van der Waals surface area (Å²) in [6.45, 7) is 5.05. The van der Waals surface area contributed by atoms with Gasteiger partial charge in [-0.1, -0.05) is 57.0 Å². The van der Waals surface area contributed by atoms with Crippen LogP contribution in [0.5, 0.6) is 5.75 Å². The zero-order valence-corrected chi connectivity index (χ0v) is 18.6. The second kappa shape index (κ2) is 11.5. The lowest BCUT2D eigenvalue weighted by atomic mass is 9.78. The maximum atomic E-state index is 12.3. The number of amides is 2. The highest BCUT2D eigenvalue weighted by Gasteiger charge is 2.28. The van der Waals surface area contributed by atoms with E-state index in [1.54, 1.807) is 0 Å². The number of benzene rings is 2. The van der Waals surface area contributed by atoms with E-state index in [9.17, 15) is 9.59 Å². The molecule has 2 aromatic rings. The first-order chi connectivity index (χ1) is 15.0. The van der Waals surface area contributed by atoms with Gasteiger partial charge >= 0.3 is 0 Å². The first-order valence-electron chi connectivity index (χ1n) is 11.4. The molecule has 3 rings (SSSR count). The van der Waals surface area contributed by atoms with Crippen molar-refractivity contribution in [1.82, 2.24) is 5.32 Å². The van der Waals surface area contributed by atoms with Crippen LogP contribution >= 0.6 is 0 Å². The zero-order chi connectivity index (χ0) is 22.1. The molecule has 0 bridgehead atoms. The number of hydrogen-bond acceptors (Lipinski definition) is 3. The fourth-order valence-electron chi connectivity index (χ4n) is 4.08. The first-order valence-corrected chi connectivity index (χ1v) is 11.4. The number of nitrogens with one attached hydrogen (secondary N) is 2. The summed E-state index contributed by atoms with van der Waals surface area (Å²) >= 11 is 0. The number of ether oxygens (including phenoxy) is 1. The highest BCUT2D eigenvalue weighted by atomic mass is 16.5. The van der Waals surface area contributed by atoms with Gasteiger partial charge in [0, 0.05) is 31.0 Å². The molecule has 1 saturated carbocycles. The van der Waals surface area contributed by atoms with Crippen molar-refractivity contribution in [2.24, 2.45) is 11.8 Å². The van der Waals surface area contributed by atoms with Crippen LogP contribution in [0.15, 0.2) is 54.6 Å². The predicted octanol–water partition coefficient (Wildman–Crippen LogP) is 4.97. The van der Waals surface area contributed by atoms with Gasteiger partial charge in [-0.05, 0) is 48.1 Å². The number of carbonyl (C=O) groups excluding carboxylic acids is 2. The lowest BCUT2D eigenvalue weighted by Crippen LogP contribution is -2.43. The molecule has 1 fully saturated rings. The van der Waals surface area contributed by atoms with Gasteiger partial charge in [-0.25, -0.2) is 0 Å².